The molecule has 19 heavy (non-hydrogen) atoms. The largest absolute Gasteiger partial charge is 0.294 e. The van der Waals surface area contributed by atoms with Crippen LogP contribution in [0.25, 0.3) is 11.5 Å². The second-order valence-electron chi connectivity index (χ2n) is 4.52. The minimum absolute atomic E-state index is 0.131. The number of nitrogens with zero attached hydrogens (tertiary/aromatic N) is 3. The molecule has 5 heteroatoms. The minimum Gasteiger partial charge on any atom is -0.294 e. The lowest BCUT2D eigenvalue weighted by Gasteiger charge is -2.06. The van der Waals surface area contributed by atoms with Gasteiger partial charge < -0.3 is 0 Å². The van der Waals surface area contributed by atoms with Crippen LogP contribution in [0.15, 0.2) is 24.5 Å². The zero-order valence-corrected chi connectivity index (χ0v) is 11.0. The summed E-state index contributed by atoms with van der Waals surface area (Å²) in [6.07, 6.45) is 6.54. The van der Waals surface area contributed by atoms with Gasteiger partial charge in [-0.25, -0.2) is 9.97 Å². The Labute approximate surface area is 115 Å². The zero-order chi connectivity index (χ0) is 13.2. The third-order valence-corrected chi connectivity index (χ3v) is 3.51. The number of aryl methyl sites for hydroxylation is 1. The first-order valence-corrected chi connectivity index (χ1v) is 6.63. The molecule has 3 rings (SSSR count). The van der Waals surface area contributed by atoms with Crippen molar-refractivity contribution in [1.29, 1.82) is 0 Å². The molecule has 2 heterocycles. The molecule has 0 aliphatic heterocycles. The predicted molar refractivity (Wildman–Crippen MR) is 72.2 cm³/mol. The molecule has 0 aromatic carbocycles. The molecule has 0 bridgehead atoms. The second kappa shape index (κ2) is 5.05. The Hall–Kier alpha value is -1.81. The van der Waals surface area contributed by atoms with E-state index in [1.807, 2.05) is 0 Å². The maximum absolute atomic E-state index is 11.9. The van der Waals surface area contributed by atoms with Crippen molar-refractivity contribution < 1.29 is 4.79 Å². The van der Waals surface area contributed by atoms with Crippen LogP contribution in [0.5, 0.6) is 0 Å². The van der Waals surface area contributed by atoms with Crippen LogP contribution < -0.4 is 0 Å². The molecule has 0 atom stereocenters. The molecule has 0 spiro atoms. The Balaban J connectivity index is 2.09. The Morgan fingerprint density at radius 1 is 1.16 bits per heavy atom. The first kappa shape index (κ1) is 12.2. The lowest BCUT2D eigenvalue weighted by molar-refractivity contribution is 0.0981. The molecule has 2 aromatic rings. The van der Waals surface area contributed by atoms with Gasteiger partial charge in [0.25, 0.3) is 0 Å². The maximum atomic E-state index is 11.9. The number of rotatable bonds is 1. The van der Waals surface area contributed by atoms with Crippen molar-refractivity contribution in [1.82, 2.24) is 15.0 Å². The number of hydrogen-bond acceptors (Lipinski definition) is 4. The first-order valence-electron chi connectivity index (χ1n) is 6.26. The van der Waals surface area contributed by atoms with Crippen LogP contribution in [0.4, 0.5) is 0 Å². The van der Waals surface area contributed by atoms with Gasteiger partial charge in [-0.15, -0.1) is 0 Å². The van der Waals surface area contributed by atoms with Crippen molar-refractivity contribution in [3.63, 3.8) is 0 Å². The fourth-order valence-electron chi connectivity index (χ4n) is 2.22. The molecule has 0 fully saturated rings. The topological polar surface area (TPSA) is 55.7 Å². The monoisotopic (exact) mass is 273 g/mol. The van der Waals surface area contributed by atoms with E-state index < -0.39 is 0 Å². The highest BCUT2D eigenvalue weighted by molar-refractivity contribution is 6.32. The van der Waals surface area contributed by atoms with Gasteiger partial charge in [0.1, 0.15) is 5.69 Å². The van der Waals surface area contributed by atoms with Crippen molar-refractivity contribution in [2.45, 2.75) is 25.7 Å². The van der Waals surface area contributed by atoms with Crippen molar-refractivity contribution in [3.8, 4) is 11.5 Å². The van der Waals surface area contributed by atoms with Crippen molar-refractivity contribution >= 4 is 17.4 Å². The number of carbonyl (C=O) groups excluding carboxylic acids is 1. The molecular weight excluding hydrogens is 262 g/mol. The van der Waals surface area contributed by atoms with Gasteiger partial charge in [0, 0.05) is 18.8 Å². The summed E-state index contributed by atoms with van der Waals surface area (Å²) >= 11 is 6.09. The lowest BCUT2D eigenvalue weighted by atomic mass is 10.1. The van der Waals surface area contributed by atoms with E-state index in [4.69, 9.17) is 11.6 Å². The van der Waals surface area contributed by atoms with Crippen LogP contribution >= 0.6 is 11.6 Å². The highest BCUT2D eigenvalue weighted by atomic mass is 35.5. The number of carbonyl (C=O) groups is 1. The first-order chi connectivity index (χ1) is 9.25. The maximum Gasteiger partial charge on any atom is 0.179 e. The van der Waals surface area contributed by atoms with E-state index in [-0.39, 0.29) is 5.78 Å². The molecule has 0 amide bonds. The van der Waals surface area contributed by atoms with Gasteiger partial charge in [-0.3, -0.25) is 9.78 Å². The summed E-state index contributed by atoms with van der Waals surface area (Å²) in [6.45, 7) is 0. The van der Waals surface area contributed by atoms with Gasteiger partial charge in [0.05, 0.1) is 16.3 Å². The molecule has 0 unspecified atom stereocenters. The normalized spacial score (nSPS) is 14.9. The Kier molecular flexibility index (Phi) is 3.25. The quantitative estimate of drug-likeness (QED) is 0.749. The molecule has 1 aliphatic rings. The van der Waals surface area contributed by atoms with Gasteiger partial charge in [-0.05, 0) is 31.4 Å². The van der Waals surface area contributed by atoms with E-state index in [2.05, 4.69) is 15.0 Å². The molecule has 1 aliphatic carbocycles. The molecular formula is C14H12ClN3O. The van der Waals surface area contributed by atoms with E-state index in [0.29, 0.717) is 28.5 Å². The number of ketones is 1. The number of pyridine rings is 1. The van der Waals surface area contributed by atoms with E-state index in [1.54, 1.807) is 24.5 Å². The lowest BCUT2D eigenvalue weighted by Crippen LogP contribution is -2.05. The SMILES string of the molecule is O=C1CCCCc2nc(-c3ncccc3Cl)ncc21. The molecule has 0 N–H and O–H groups in total. The number of fused-ring (bicyclic) bond motifs is 1. The Morgan fingerprint density at radius 3 is 2.84 bits per heavy atom. The third-order valence-electron chi connectivity index (χ3n) is 3.21. The second-order valence-corrected chi connectivity index (χ2v) is 4.93. The van der Waals surface area contributed by atoms with Gasteiger partial charge in [-0.1, -0.05) is 11.6 Å². The van der Waals surface area contributed by atoms with Crippen LogP contribution in [0.2, 0.25) is 5.02 Å². The molecule has 4 nitrogen and oxygen atoms in total. The van der Waals surface area contributed by atoms with E-state index >= 15 is 0 Å². The summed E-state index contributed by atoms with van der Waals surface area (Å²) in [7, 11) is 0. The fraction of sp³-hybridized carbons (Fsp3) is 0.286. The molecule has 0 saturated carbocycles. The summed E-state index contributed by atoms with van der Waals surface area (Å²) in [5.41, 5.74) is 2.02. The van der Waals surface area contributed by atoms with E-state index in [1.165, 1.54) is 0 Å². The average Bonchev–Trinajstić information content (AvgIpc) is 2.61. The fourth-order valence-corrected chi connectivity index (χ4v) is 2.42. The minimum atomic E-state index is 0.131. The van der Waals surface area contributed by atoms with Gasteiger partial charge in [0.15, 0.2) is 11.6 Å². The zero-order valence-electron chi connectivity index (χ0n) is 10.3. The smallest absolute Gasteiger partial charge is 0.179 e. The van der Waals surface area contributed by atoms with Gasteiger partial charge in [-0.2, -0.15) is 0 Å². The highest BCUT2D eigenvalue weighted by Crippen LogP contribution is 2.25. The summed E-state index contributed by atoms with van der Waals surface area (Å²) in [6, 6.07) is 3.52. The van der Waals surface area contributed by atoms with Crippen molar-refractivity contribution in [2.75, 3.05) is 0 Å². The van der Waals surface area contributed by atoms with E-state index in [9.17, 15) is 4.79 Å². The summed E-state index contributed by atoms with van der Waals surface area (Å²) < 4.78 is 0. The Bertz CT molecular complexity index is 642. The summed E-state index contributed by atoms with van der Waals surface area (Å²) in [4.78, 5) is 24.8. The van der Waals surface area contributed by atoms with Crippen molar-refractivity contribution in [2.24, 2.45) is 0 Å². The molecule has 2 aromatic heterocycles. The van der Waals surface area contributed by atoms with Crippen LogP contribution in [0.3, 0.4) is 0 Å². The van der Waals surface area contributed by atoms with E-state index in [0.717, 1.165) is 25.0 Å². The van der Waals surface area contributed by atoms with Crippen LogP contribution in [0.1, 0.15) is 35.3 Å². The summed E-state index contributed by atoms with van der Waals surface area (Å²) in [5.74, 6) is 0.616. The van der Waals surface area contributed by atoms with Crippen LogP contribution in [0, 0.1) is 0 Å². The third kappa shape index (κ3) is 2.36. The van der Waals surface area contributed by atoms with Crippen molar-refractivity contribution in [3.05, 3.63) is 40.8 Å². The molecule has 0 radical (unpaired) electrons. The number of halogens is 1. The highest BCUT2D eigenvalue weighted by Gasteiger charge is 2.19. The predicted octanol–water partition coefficient (Wildman–Crippen LogP) is 3.10. The number of Topliss-reactive ketones (excluding diaryl/α,β-unsaturated/α-hetero) is 1. The van der Waals surface area contributed by atoms with Crippen LogP contribution in [-0.4, -0.2) is 20.7 Å². The molecule has 0 saturated heterocycles. The van der Waals surface area contributed by atoms with Crippen LogP contribution in [-0.2, 0) is 6.42 Å². The molecule has 96 valence electrons. The van der Waals surface area contributed by atoms with Gasteiger partial charge >= 0.3 is 0 Å². The average molecular weight is 274 g/mol. The summed E-state index contributed by atoms with van der Waals surface area (Å²) in [5, 5.41) is 0.516. The number of hydrogen-bond donors (Lipinski definition) is 0. The van der Waals surface area contributed by atoms with Gasteiger partial charge in [0.2, 0.25) is 0 Å². The Morgan fingerprint density at radius 2 is 2.00 bits per heavy atom. The number of aromatic nitrogens is 3. The standard InChI is InChI=1S/C14H12ClN3O/c15-10-4-3-7-16-13(10)14-17-8-9-11(18-14)5-1-2-6-12(9)19/h3-4,7-8H,1-2,5-6H2.